The number of anilines is 1. The van der Waals surface area contributed by atoms with Crippen LogP contribution in [0, 0.1) is 12.7 Å². The molecule has 4 heteroatoms. The van der Waals surface area contributed by atoms with Gasteiger partial charge in [-0.2, -0.15) is 0 Å². The number of benzene rings is 2. The number of amides is 1. The van der Waals surface area contributed by atoms with E-state index in [4.69, 9.17) is 0 Å². The largest absolute Gasteiger partial charge is 0.322 e. The first-order valence-corrected chi connectivity index (χ1v) is 6.57. The van der Waals surface area contributed by atoms with Crippen molar-refractivity contribution < 1.29 is 9.18 Å². The van der Waals surface area contributed by atoms with Gasteiger partial charge in [0, 0.05) is 11.1 Å². The van der Waals surface area contributed by atoms with Gasteiger partial charge in [0.15, 0.2) is 0 Å². The molecule has 0 aliphatic rings. The van der Waals surface area contributed by atoms with Crippen LogP contribution in [0.1, 0.15) is 16.1 Å². The van der Waals surface area contributed by atoms with Gasteiger partial charge in [-0.15, -0.1) is 0 Å². The van der Waals surface area contributed by atoms with E-state index in [1.165, 1.54) is 24.3 Å². The number of nitrogens with one attached hydrogen (secondary N) is 1. The maximum absolute atomic E-state index is 12.9. The Bertz CT molecular complexity index is 813. The highest BCUT2D eigenvalue weighted by Gasteiger charge is 2.11. The number of carbonyl (C=O) groups is 1. The predicted octanol–water partition coefficient (Wildman–Crippen LogP) is 3.93. The number of pyridine rings is 1. The molecule has 1 heterocycles. The average molecular weight is 280 g/mol. The van der Waals surface area contributed by atoms with Gasteiger partial charge >= 0.3 is 0 Å². The third-order valence-electron chi connectivity index (χ3n) is 3.26. The normalized spacial score (nSPS) is 10.6. The van der Waals surface area contributed by atoms with Crippen LogP contribution >= 0.6 is 0 Å². The second-order valence-electron chi connectivity index (χ2n) is 4.78. The molecule has 0 fully saturated rings. The van der Waals surface area contributed by atoms with Crippen molar-refractivity contribution in [3.05, 3.63) is 71.7 Å². The number of aromatic nitrogens is 1. The van der Waals surface area contributed by atoms with E-state index in [-0.39, 0.29) is 11.7 Å². The van der Waals surface area contributed by atoms with Crippen LogP contribution in [0.25, 0.3) is 10.9 Å². The van der Waals surface area contributed by atoms with Gasteiger partial charge in [0.2, 0.25) is 0 Å². The summed E-state index contributed by atoms with van der Waals surface area (Å²) < 4.78 is 12.9. The van der Waals surface area contributed by atoms with Gasteiger partial charge in [0.05, 0.1) is 16.8 Å². The Labute approximate surface area is 121 Å². The van der Waals surface area contributed by atoms with Gasteiger partial charge in [-0.3, -0.25) is 9.78 Å². The summed E-state index contributed by atoms with van der Waals surface area (Å²) >= 11 is 0. The molecule has 0 saturated carbocycles. The number of hydrogen-bond donors (Lipinski definition) is 1. The predicted molar refractivity (Wildman–Crippen MR) is 80.8 cm³/mol. The SMILES string of the molecule is Cc1nc2ccccc2cc1C(=O)Nc1ccc(F)cc1. The summed E-state index contributed by atoms with van der Waals surface area (Å²) in [5.41, 5.74) is 2.58. The van der Waals surface area contributed by atoms with E-state index in [2.05, 4.69) is 10.3 Å². The Morgan fingerprint density at radius 3 is 2.57 bits per heavy atom. The van der Waals surface area contributed by atoms with Crippen molar-refractivity contribution in [1.82, 2.24) is 4.98 Å². The topological polar surface area (TPSA) is 42.0 Å². The van der Waals surface area contributed by atoms with Gasteiger partial charge in [0.25, 0.3) is 5.91 Å². The van der Waals surface area contributed by atoms with Crippen LogP contribution in [0.2, 0.25) is 0 Å². The Morgan fingerprint density at radius 2 is 1.81 bits per heavy atom. The van der Waals surface area contributed by atoms with Crippen LogP contribution in [-0.2, 0) is 0 Å². The Morgan fingerprint density at radius 1 is 1.10 bits per heavy atom. The molecule has 0 aliphatic carbocycles. The monoisotopic (exact) mass is 280 g/mol. The van der Waals surface area contributed by atoms with E-state index in [0.29, 0.717) is 16.9 Å². The van der Waals surface area contributed by atoms with Crippen molar-refractivity contribution in [2.24, 2.45) is 0 Å². The van der Waals surface area contributed by atoms with E-state index in [1.54, 1.807) is 6.92 Å². The molecule has 3 rings (SSSR count). The zero-order valence-electron chi connectivity index (χ0n) is 11.4. The molecule has 0 saturated heterocycles. The fraction of sp³-hybridized carbons (Fsp3) is 0.0588. The minimum atomic E-state index is -0.337. The van der Waals surface area contributed by atoms with Crippen molar-refractivity contribution in [3.63, 3.8) is 0 Å². The number of rotatable bonds is 2. The Balaban J connectivity index is 1.93. The fourth-order valence-corrected chi connectivity index (χ4v) is 2.17. The van der Waals surface area contributed by atoms with Crippen LogP contribution in [-0.4, -0.2) is 10.9 Å². The van der Waals surface area contributed by atoms with Gasteiger partial charge < -0.3 is 5.32 Å². The number of nitrogens with zero attached hydrogens (tertiary/aromatic N) is 1. The second-order valence-corrected chi connectivity index (χ2v) is 4.78. The minimum Gasteiger partial charge on any atom is -0.322 e. The summed E-state index contributed by atoms with van der Waals surface area (Å²) in [6.45, 7) is 1.80. The maximum Gasteiger partial charge on any atom is 0.257 e. The molecule has 0 aliphatic heterocycles. The summed E-state index contributed by atoms with van der Waals surface area (Å²) in [6, 6.07) is 15.1. The lowest BCUT2D eigenvalue weighted by Gasteiger charge is -2.08. The lowest BCUT2D eigenvalue weighted by atomic mass is 10.1. The van der Waals surface area contributed by atoms with Gasteiger partial charge in [-0.25, -0.2) is 4.39 Å². The molecule has 0 unspecified atom stereocenters. The summed E-state index contributed by atoms with van der Waals surface area (Å²) in [7, 11) is 0. The minimum absolute atomic E-state index is 0.252. The van der Waals surface area contributed by atoms with E-state index in [9.17, 15) is 9.18 Å². The third kappa shape index (κ3) is 2.74. The highest BCUT2D eigenvalue weighted by Crippen LogP contribution is 2.18. The summed E-state index contributed by atoms with van der Waals surface area (Å²) in [4.78, 5) is 16.8. The molecule has 104 valence electrons. The summed E-state index contributed by atoms with van der Waals surface area (Å²) in [6.07, 6.45) is 0. The van der Waals surface area contributed by atoms with Gasteiger partial charge in [-0.05, 0) is 43.3 Å². The molecule has 0 atom stereocenters. The highest BCUT2D eigenvalue weighted by molar-refractivity contribution is 6.06. The number of carbonyl (C=O) groups excluding carboxylic acids is 1. The van der Waals surface area contributed by atoms with Gasteiger partial charge in [0.1, 0.15) is 5.82 Å². The van der Waals surface area contributed by atoms with Crippen molar-refractivity contribution in [2.45, 2.75) is 6.92 Å². The van der Waals surface area contributed by atoms with E-state index < -0.39 is 0 Å². The Kier molecular flexibility index (Phi) is 3.36. The highest BCUT2D eigenvalue weighted by atomic mass is 19.1. The number of aryl methyl sites for hydroxylation is 1. The first kappa shape index (κ1) is 13.2. The van der Waals surface area contributed by atoms with E-state index in [0.717, 1.165) is 10.9 Å². The summed E-state index contributed by atoms with van der Waals surface area (Å²) in [5, 5.41) is 3.65. The van der Waals surface area contributed by atoms with Crippen LogP contribution in [0.5, 0.6) is 0 Å². The van der Waals surface area contributed by atoms with Crippen LogP contribution in [0.3, 0.4) is 0 Å². The number of halogens is 1. The molecule has 21 heavy (non-hydrogen) atoms. The standard InChI is InChI=1S/C17H13FN2O/c1-11-15(10-12-4-2-3-5-16(12)19-11)17(21)20-14-8-6-13(18)7-9-14/h2-10H,1H3,(H,20,21). The first-order valence-electron chi connectivity index (χ1n) is 6.57. The molecular weight excluding hydrogens is 267 g/mol. The first-order chi connectivity index (χ1) is 10.1. The zero-order valence-corrected chi connectivity index (χ0v) is 11.4. The lowest BCUT2D eigenvalue weighted by molar-refractivity contribution is 0.102. The fourth-order valence-electron chi connectivity index (χ4n) is 2.17. The van der Waals surface area contributed by atoms with Gasteiger partial charge in [-0.1, -0.05) is 18.2 Å². The number of fused-ring (bicyclic) bond motifs is 1. The summed E-state index contributed by atoms with van der Waals surface area (Å²) in [5.74, 6) is -0.589. The van der Waals surface area contributed by atoms with Crippen LogP contribution in [0.15, 0.2) is 54.6 Å². The van der Waals surface area contributed by atoms with E-state index >= 15 is 0 Å². The Hall–Kier alpha value is -2.75. The van der Waals surface area contributed by atoms with E-state index in [1.807, 2.05) is 30.3 Å². The molecule has 3 nitrogen and oxygen atoms in total. The average Bonchev–Trinajstić information content (AvgIpc) is 2.49. The zero-order chi connectivity index (χ0) is 14.8. The third-order valence-corrected chi connectivity index (χ3v) is 3.26. The molecule has 1 amide bonds. The number of para-hydroxylation sites is 1. The molecule has 0 radical (unpaired) electrons. The second kappa shape index (κ2) is 5.32. The number of hydrogen-bond acceptors (Lipinski definition) is 2. The molecule has 3 aromatic rings. The smallest absolute Gasteiger partial charge is 0.257 e. The quantitative estimate of drug-likeness (QED) is 0.772. The molecule has 0 spiro atoms. The van der Waals surface area contributed by atoms with Crippen molar-refractivity contribution in [2.75, 3.05) is 5.32 Å². The molecular formula is C17H13FN2O. The van der Waals surface area contributed by atoms with Crippen LogP contribution in [0.4, 0.5) is 10.1 Å². The van der Waals surface area contributed by atoms with Crippen molar-refractivity contribution in [3.8, 4) is 0 Å². The van der Waals surface area contributed by atoms with Crippen molar-refractivity contribution >= 4 is 22.5 Å². The molecule has 2 aromatic carbocycles. The molecule has 0 bridgehead atoms. The molecule has 1 N–H and O–H groups in total. The lowest BCUT2D eigenvalue weighted by Crippen LogP contribution is -2.14. The maximum atomic E-state index is 12.9. The van der Waals surface area contributed by atoms with Crippen molar-refractivity contribution in [1.29, 1.82) is 0 Å². The molecule has 1 aromatic heterocycles. The van der Waals surface area contributed by atoms with Crippen LogP contribution < -0.4 is 5.32 Å².